The van der Waals surface area contributed by atoms with E-state index in [1.807, 2.05) is 5.38 Å². The molecule has 68 valence electrons. The van der Waals surface area contributed by atoms with Crippen LogP contribution in [0.15, 0.2) is 22.0 Å². The normalized spacial score (nSPS) is 10.9. The molecule has 0 fully saturated rings. The summed E-state index contributed by atoms with van der Waals surface area (Å²) in [7, 11) is 0. The molecule has 0 aliphatic heterocycles. The van der Waals surface area contributed by atoms with E-state index < -0.39 is 0 Å². The van der Waals surface area contributed by atoms with Gasteiger partial charge in [-0.25, -0.2) is 0 Å². The minimum Gasteiger partial charge on any atom is -0.508 e. The highest BCUT2D eigenvalue weighted by atomic mass is 79.9. The van der Waals surface area contributed by atoms with Gasteiger partial charge in [-0.05, 0) is 33.6 Å². The minimum absolute atomic E-state index is 0.266. The molecule has 1 N–H and O–H groups in total. The van der Waals surface area contributed by atoms with Crippen LogP contribution >= 0.6 is 38.9 Å². The van der Waals surface area contributed by atoms with E-state index in [4.69, 9.17) is 11.6 Å². The fourth-order valence-corrected chi connectivity index (χ4v) is 3.20. The van der Waals surface area contributed by atoms with Crippen LogP contribution in [0.1, 0.15) is 5.56 Å². The molecule has 1 nitrogen and oxygen atoms in total. The van der Waals surface area contributed by atoms with Crippen LogP contribution in [-0.2, 0) is 5.88 Å². The van der Waals surface area contributed by atoms with Crippen molar-refractivity contribution in [2.45, 2.75) is 5.88 Å². The molecule has 2 aromatic rings. The molecule has 0 aliphatic rings. The number of aromatic hydroxyl groups is 1. The highest BCUT2D eigenvalue weighted by Gasteiger charge is 2.07. The first-order valence-corrected chi connectivity index (χ1v) is 5.87. The Morgan fingerprint density at radius 1 is 1.46 bits per heavy atom. The van der Waals surface area contributed by atoms with Gasteiger partial charge in [0.1, 0.15) is 5.75 Å². The van der Waals surface area contributed by atoms with E-state index in [9.17, 15) is 5.11 Å². The molecule has 2 rings (SSSR count). The molecule has 1 heterocycles. The Balaban J connectivity index is 2.84. The Kier molecular flexibility index (Phi) is 2.49. The van der Waals surface area contributed by atoms with Crippen LogP contribution in [0.5, 0.6) is 5.75 Å². The monoisotopic (exact) mass is 276 g/mol. The van der Waals surface area contributed by atoms with E-state index in [2.05, 4.69) is 15.9 Å². The van der Waals surface area contributed by atoms with Gasteiger partial charge in [0.05, 0.1) is 0 Å². The van der Waals surface area contributed by atoms with Gasteiger partial charge >= 0.3 is 0 Å². The Morgan fingerprint density at radius 2 is 2.23 bits per heavy atom. The van der Waals surface area contributed by atoms with Gasteiger partial charge in [0.25, 0.3) is 0 Å². The number of alkyl halides is 1. The molecule has 1 aromatic heterocycles. The third-order valence-corrected chi connectivity index (χ3v) is 4.15. The summed E-state index contributed by atoms with van der Waals surface area (Å²) in [5, 5.41) is 12.4. The lowest BCUT2D eigenvalue weighted by molar-refractivity contribution is 0.476. The molecule has 0 aliphatic carbocycles. The SMILES string of the molecule is Oc1cc(CCl)c2scc(Br)c2c1. The molecule has 0 spiro atoms. The van der Waals surface area contributed by atoms with Crippen molar-refractivity contribution < 1.29 is 5.11 Å². The average Bonchev–Trinajstić information content (AvgIpc) is 2.47. The van der Waals surface area contributed by atoms with Crippen LogP contribution in [0, 0.1) is 0 Å². The van der Waals surface area contributed by atoms with E-state index in [-0.39, 0.29) is 5.75 Å². The summed E-state index contributed by atoms with van der Waals surface area (Å²) in [6.45, 7) is 0. The number of halogens is 2. The molecule has 0 amide bonds. The van der Waals surface area contributed by atoms with Crippen molar-refractivity contribution in [1.29, 1.82) is 0 Å². The van der Waals surface area contributed by atoms with Crippen LogP contribution in [0.3, 0.4) is 0 Å². The van der Waals surface area contributed by atoms with Gasteiger partial charge in [0.15, 0.2) is 0 Å². The zero-order valence-electron chi connectivity index (χ0n) is 6.55. The summed E-state index contributed by atoms with van der Waals surface area (Å²) in [5.74, 6) is 0.694. The van der Waals surface area contributed by atoms with E-state index >= 15 is 0 Å². The molecule has 0 saturated heterocycles. The maximum Gasteiger partial charge on any atom is 0.116 e. The van der Waals surface area contributed by atoms with E-state index in [0.29, 0.717) is 5.88 Å². The Hall–Kier alpha value is -0.250. The van der Waals surface area contributed by atoms with Gasteiger partial charge < -0.3 is 5.11 Å². The van der Waals surface area contributed by atoms with Crippen molar-refractivity contribution in [3.8, 4) is 5.75 Å². The fraction of sp³-hybridized carbons (Fsp3) is 0.111. The molecule has 0 bridgehead atoms. The van der Waals surface area contributed by atoms with Crippen molar-refractivity contribution in [3.63, 3.8) is 0 Å². The second-order valence-electron chi connectivity index (χ2n) is 2.70. The third-order valence-electron chi connectivity index (χ3n) is 1.83. The molecule has 0 atom stereocenters. The maximum absolute atomic E-state index is 9.41. The largest absolute Gasteiger partial charge is 0.508 e. The van der Waals surface area contributed by atoms with Gasteiger partial charge in [0.2, 0.25) is 0 Å². The second-order valence-corrected chi connectivity index (χ2v) is 4.70. The molecule has 0 unspecified atom stereocenters. The van der Waals surface area contributed by atoms with E-state index in [1.54, 1.807) is 23.5 Å². The molecule has 0 radical (unpaired) electrons. The van der Waals surface area contributed by atoms with Gasteiger partial charge in [-0.15, -0.1) is 22.9 Å². The van der Waals surface area contributed by atoms with Crippen molar-refractivity contribution in [2.24, 2.45) is 0 Å². The maximum atomic E-state index is 9.41. The van der Waals surface area contributed by atoms with Crippen LogP contribution in [0.2, 0.25) is 0 Å². The smallest absolute Gasteiger partial charge is 0.116 e. The fourth-order valence-electron chi connectivity index (χ4n) is 1.26. The quantitative estimate of drug-likeness (QED) is 0.778. The number of thiophene rings is 1. The predicted octanol–water partition coefficient (Wildman–Crippen LogP) is 4.11. The summed E-state index contributed by atoms with van der Waals surface area (Å²) in [6.07, 6.45) is 0. The van der Waals surface area contributed by atoms with E-state index in [0.717, 1.165) is 20.1 Å². The average molecular weight is 278 g/mol. The number of phenolic OH excluding ortho intramolecular Hbond substituents is 1. The molecule has 0 saturated carbocycles. The summed E-state index contributed by atoms with van der Waals surface area (Å²) < 4.78 is 2.15. The third kappa shape index (κ3) is 1.56. The predicted molar refractivity (Wildman–Crippen MR) is 60.7 cm³/mol. The lowest BCUT2D eigenvalue weighted by Gasteiger charge is -1.99. The Labute approximate surface area is 93.1 Å². The highest BCUT2D eigenvalue weighted by molar-refractivity contribution is 9.10. The zero-order chi connectivity index (χ0) is 9.42. The van der Waals surface area contributed by atoms with Crippen LogP contribution in [0.25, 0.3) is 10.1 Å². The molecule has 1 aromatic carbocycles. The Bertz CT molecular complexity index is 452. The van der Waals surface area contributed by atoms with Crippen molar-refractivity contribution in [2.75, 3.05) is 0 Å². The number of hydrogen-bond donors (Lipinski definition) is 1. The Morgan fingerprint density at radius 3 is 2.92 bits per heavy atom. The molecular weight excluding hydrogens is 272 g/mol. The summed E-state index contributed by atoms with van der Waals surface area (Å²) in [4.78, 5) is 0. The number of hydrogen-bond acceptors (Lipinski definition) is 2. The second kappa shape index (κ2) is 3.48. The van der Waals surface area contributed by atoms with E-state index in [1.165, 1.54) is 0 Å². The minimum atomic E-state index is 0.266. The van der Waals surface area contributed by atoms with Gasteiger partial charge in [0, 0.05) is 25.8 Å². The van der Waals surface area contributed by atoms with Crippen LogP contribution in [0.4, 0.5) is 0 Å². The first-order chi connectivity index (χ1) is 6.22. The lowest BCUT2D eigenvalue weighted by atomic mass is 10.2. The standard InChI is InChI=1S/C9H6BrClOS/c10-8-4-13-9-5(3-11)1-6(12)2-7(8)9/h1-2,4,12H,3H2. The number of benzene rings is 1. The van der Waals surface area contributed by atoms with Crippen molar-refractivity contribution >= 4 is 49.0 Å². The summed E-state index contributed by atoms with van der Waals surface area (Å²) in [5.41, 5.74) is 0.979. The van der Waals surface area contributed by atoms with Gasteiger partial charge in [-0.3, -0.25) is 0 Å². The van der Waals surface area contributed by atoms with Gasteiger partial charge in [-0.2, -0.15) is 0 Å². The van der Waals surface area contributed by atoms with Crippen molar-refractivity contribution in [3.05, 3.63) is 27.5 Å². The van der Waals surface area contributed by atoms with Crippen LogP contribution < -0.4 is 0 Å². The first-order valence-electron chi connectivity index (χ1n) is 3.67. The first kappa shape index (κ1) is 9.31. The molecular formula is C9H6BrClOS. The van der Waals surface area contributed by atoms with Crippen LogP contribution in [-0.4, -0.2) is 5.11 Å². The number of fused-ring (bicyclic) bond motifs is 1. The molecule has 13 heavy (non-hydrogen) atoms. The summed E-state index contributed by atoms with van der Waals surface area (Å²) in [6, 6.07) is 3.45. The summed E-state index contributed by atoms with van der Waals surface area (Å²) >= 11 is 10.8. The number of rotatable bonds is 1. The topological polar surface area (TPSA) is 20.2 Å². The highest BCUT2D eigenvalue weighted by Crippen LogP contribution is 2.36. The lowest BCUT2D eigenvalue weighted by Crippen LogP contribution is -1.77. The van der Waals surface area contributed by atoms with Crippen molar-refractivity contribution in [1.82, 2.24) is 0 Å². The zero-order valence-corrected chi connectivity index (χ0v) is 9.71. The molecule has 4 heteroatoms. The number of phenols is 1. The van der Waals surface area contributed by atoms with Gasteiger partial charge in [-0.1, -0.05) is 0 Å².